The molecule has 0 radical (unpaired) electrons. The van der Waals surface area contributed by atoms with Crippen LogP contribution >= 0.6 is 11.8 Å². The Morgan fingerprint density at radius 1 is 1.18 bits per heavy atom. The molecule has 1 heterocycles. The number of thioether (sulfide) groups is 1. The van der Waals surface area contributed by atoms with Gasteiger partial charge >= 0.3 is 0 Å². The van der Waals surface area contributed by atoms with Gasteiger partial charge in [-0.2, -0.15) is 0 Å². The molecular weight excluding hydrogens is 398 g/mol. The summed E-state index contributed by atoms with van der Waals surface area (Å²) in [6, 6.07) is 9.70. The minimum absolute atomic E-state index is 0.0986. The third kappa shape index (κ3) is 3.91. The van der Waals surface area contributed by atoms with Gasteiger partial charge in [-0.25, -0.2) is 12.7 Å². The summed E-state index contributed by atoms with van der Waals surface area (Å²) in [5.41, 5.74) is 2.12. The highest BCUT2D eigenvalue weighted by atomic mass is 32.2. The number of hydrogen-bond donors (Lipinski definition) is 2. The predicted octanol–water partition coefficient (Wildman–Crippen LogP) is 2.93. The Kier molecular flexibility index (Phi) is 5.51. The van der Waals surface area contributed by atoms with E-state index in [2.05, 4.69) is 10.6 Å². The van der Waals surface area contributed by atoms with Crippen molar-refractivity contribution in [1.82, 2.24) is 4.31 Å². The van der Waals surface area contributed by atoms with E-state index in [0.29, 0.717) is 16.9 Å². The molecule has 148 valence electrons. The molecule has 28 heavy (non-hydrogen) atoms. The molecular formula is C19H21N3O4S2. The van der Waals surface area contributed by atoms with Crippen LogP contribution in [-0.4, -0.2) is 43.9 Å². The quantitative estimate of drug-likeness (QED) is 0.794. The first-order chi connectivity index (χ1) is 13.1. The normalized spacial score (nSPS) is 16.5. The third-order valence-electron chi connectivity index (χ3n) is 4.41. The fourth-order valence-electron chi connectivity index (χ4n) is 2.65. The molecule has 9 heteroatoms. The number of hydrogen-bond acceptors (Lipinski definition) is 5. The number of fused-ring (bicyclic) bond motifs is 1. The van der Waals surface area contributed by atoms with Crippen molar-refractivity contribution in [2.45, 2.75) is 28.9 Å². The van der Waals surface area contributed by atoms with Gasteiger partial charge in [0, 0.05) is 30.2 Å². The molecule has 2 N–H and O–H groups in total. The van der Waals surface area contributed by atoms with E-state index in [1.54, 1.807) is 31.2 Å². The average molecular weight is 420 g/mol. The summed E-state index contributed by atoms with van der Waals surface area (Å²) in [5, 5.41) is 5.38. The van der Waals surface area contributed by atoms with Crippen molar-refractivity contribution < 1.29 is 18.0 Å². The monoisotopic (exact) mass is 419 g/mol. The predicted molar refractivity (Wildman–Crippen MR) is 110 cm³/mol. The van der Waals surface area contributed by atoms with Gasteiger partial charge in [-0.1, -0.05) is 6.07 Å². The Bertz CT molecular complexity index is 1060. The maximum atomic E-state index is 12.7. The zero-order chi connectivity index (χ0) is 20.6. The number of nitrogens with zero attached hydrogens (tertiary/aromatic N) is 1. The largest absolute Gasteiger partial charge is 0.324 e. The van der Waals surface area contributed by atoms with Gasteiger partial charge in [0.25, 0.3) is 5.91 Å². The molecule has 2 aromatic carbocycles. The average Bonchev–Trinajstić information content (AvgIpc) is 2.63. The molecule has 0 fully saturated rings. The smallest absolute Gasteiger partial charge is 0.255 e. The Hall–Kier alpha value is -2.36. The lowest BCUT2D eigenvalue weighted by molar-refractivity contribution is -0.115. The Morgan fingerprint density at radius 3 is 2.57 bits per heavy atom. The minimum atomic E-state index is -3.61. The highest BCUT2D eigenvalue weighted by molar-refractivity contribution is 8.01. The molecule has 2 amide bonds. The van der Waals surface area contributed by atoms with Gasteiger partial charge in [0.15, 0.2) is 0 Å². The van der Waals surface area contributed by atoms with E-state index in [9.17, 15) is 18.0 Å². The van der Waals surface area contributed by atoms with E-state index in [4.69, 9.17) is 0 Å². The molecule has 3 rings (SSSR count). The Balaban J connectivity index is 1.88. The molecule has 2 aromatic rings. The standard InChI is InChI=1S/C19H21N3O4S2/c1-11-5-7-14(28(25,26)22(3)4)10-15(11)20-19(24)13-6-8-17-16(9-13)21-18(23)12(2)27-17/h5-10,12H,1-4H3,(H,20,24)(H,21,23)/t12-/m1/s1. The number of carbonyl (C=O) groups is 2. The number of carbonyl (C=O) groups excluding carboxylic acids is 2. The SMILES string of the molecule is Cc1ccc(S(=O)(=O)N(C)C)cc1NC(=O)c1ccc2c(c1)NC(=O)[C@@H](C)S2. The van der Waals surface area contributed by atoms with Gasteiger partial charge in [0.05, 0.1) is 15.8 Å². The van der Waals surface area contributed by atoms with Crippen molar-refractivity contribution in [3.05, 3.63) is 47.5 Å². The van der Waals surface area contributed by atoms with Crippen LogP contribution in [0.2, 0.25) is 0 Å². The van der Waals surface area contributed by atoms with E-state index in [1.807, 2.05) is 6.92 Å². The second-order valence-electron chi connectivity index (χ2n) is 6.68. The highest BCUT2D eigenvalue weighted by Crippen LogP contribution is 2.36. The number of benzene rings is 2. The first-order valence-corrected chi connectivity index (χ1v) is 10.9. The minimum Gasteiger partial charge on any atom is -0.324 e. The number of nitrogens with one attached hydrogen (secondary N) is 2. The van der Waals surface area contributed by atoms with Crippen molar-refractivity contribution in [2.75, 3.05) is 24.7 Å². The zero-order valence-corrected chi connectivity index (χ0v) is 17.6. The van der Waals surface area contributed by atoms with Gasteiger partial charge in [0.2, 0.25) is 15.9 Å². The van der Waals surface area contributed by atoms with Gasteiger partial charge in [-0.3, -0.25) is 9.59 Å². The van der Waals surface area contributed by atoms with Crippen LogP contribution in [0.1, 0.15) is 22.8 Å². The Labute approximate surface area is 168 Å². The number of sulfonamides is 1. The van der Waals surface area contributed by atoms with Crippen LogP contribution in [0.15, 0.2) is 46.2 Å². The molecule has 0 unspecified atom stereocenters. The fourth-order valence-corrected chi connectivity index (χ4v) is 4.51. The van der Waals surface area contributed by atoms with Crippen molar-refractivity contribution in [1.29, 1.82) is 0 Å². The molecule has 0 bridgehead atoms. The van der Waals surface area contributed by atoms with E-state index in [0.717, 1.165) is 14.8 Å². The molecule has 0 saturated carbocycles. The van der Waals surface area contributed by atoms with Crippen LogP contribution in [0.5, 0.6) is 0 Å². The summed E-state index contributed by atoms with van der Waals surface area (Å²) in [4.78, 5) is 25.6. The zero-order valence-electron chi connectivity index (χ0n) is 15.9. The fraction of sp³-hybridized carbons (Fsp3) is 0.263. The van der Waals surface area contributed by atoms with Crippen LogP contribution in [0.4, 0.5) is 11.4 Å². The summed E-state index contributed by atoms with van der Waals surface area (Å²) in [6.07, 6.45) is 0. The topological polar surface area (TPSA) is 95.6 Å². The first kappa shape index (κ1) is 20.4. The summed E-state index contributed by atoms with van der Waals surface area (Å²) in [6.45, 7) is 3.61. The lowest BCUT2D eigenvalue weighted by Crippen LogP contribution is -2.26. The lowest BCUT2D eigenvalue weighted by Gasteiger charge is -2.21. The summed E-state index contributed by atoms with van der Waals surface area (Å²) < 4.78 is 25.8. The van der Waals surface area contributed by atoms with Crippen LogP contribution in [0.3, 0.4) is 0 Å². The number of amides is 2. The number of anilines is 2. The summed E-state index contributed by atoms with van der Waals surface area (Å²) in [7, 11) is -0.704. The maximum Gasteiger partial charge on any atom is 0.255 e. The second kappa shape index (κ2) is 7.57. The molecule has 0 spiro atoms. The molecule has 7 nitrogen and oxygen atoms in total. The van der Waals surface area contributed by atoms with E-state index < -0.39 is 10.0 Å². The highest BCUT2D eigenvalue weighted by Gasteiger charge is 2.24. The van der Waals surface area contributed by atoms with Crippen LogP contribution in [0.25, 0.3) is 0 Å². The summed E-state index contributed by atoms with van der Waals surface area (Å²) in [5.74, 6) is -0.490. The van der Waals surface area contributed by atoms with Gasteiger partial charge in [-0.15, -0.1) is 11.8 Å². The second-order valence-corrected chi connectivity index (χ2v) is 10.2. The van der Waals surface area contributed by atoms with Gasteiger partial charge < -0.3 is 10.6 Å². The molecule has 1 atom stereocenters. The molecule has 1 aliphatic rings. The molecule has 1 aliphatic heterocycles. The maximum absolute atomic E-state index is 12.7. The van der Waals surface area contributed by atoms with E-state index in [-0.39, 0.29) is 22.0 Å². The van der Waals surface area contributed by atoms with Gasteiger partial charge in [-0.05, 0) is 49.7 Å². The van der Waals surface area contributed by atoms with Gasteiger partial charge in [0.1, 0.15) is 0 Å². The number of rotatable bonds is 4. The van der Waals surface area contributed by atoms with E-state index >= 15 is 0 Å². The first-order valence-electron chi connectivity index (χ1n) is 8.55. The Morgan fingerprint density at radius 2 is 1.89 bits per heavy atom. The molecule has 0 saturated heterocycles. The third-order valence-corrected chi connectivity index (χ3v) is 7.40. The number of aryl methyl sites for hydroxylation is 1. The lowest BCUT2D eigenvalue weighted by atomic mass is 10.1. The molecule has 0 aromatic heterocycles. The van der Waals surface area contributed by atoms with Crippen LogP contribution in [-0.2, 0) is 14.8 Å². The van der Waals surface area contributed by atoms with Crippen molar-refractivity contribution in [2.24, 2.45) is 0 Å². The van der Waals surface area contributed by atoms with Crippen LogP contribution < -0.4 is 10.6 Å². The molecule has 0 aliphatic carbocycles. The summed E-state index contributed by atoms with van der Waals surface area (Å²) >= 11 is 1.44. The van der Waals surface area contributed by atoms with Crippen LogP contribution in [0, 0.1) is 6.92 Å². The van der Waals surface area contributed by atoms with E-state index in [1.165, 1.54) is 38.0 Å². The van der Waals surface area contributed by atoms with Crippen molar-refractivity contribution >= 4 is 45.0 Å². The van der Waals surface area contributed by atoms with Crippen molar-refractivity contribution in [3.8, 4) is 0 Å². The van der Waals surface area contributed by atoms with Crippen molar-refractivity contribution in [3.63, 3.8) is 0 Å².